The molecule has 0 bridgehead atoms. The van der Waals surface area contributed by atoms with Crippen LogP contribution in [0, 0.1) is 5.92 Å². The summed E-state index contributed by atoms with van der Waals surface area (Å²) in [7, 11) is 0. The van der Waals surface area contributed by atoms with Crippen molar-refractivity contribution in [3.8, 4) is 0 Å². The van der Waals surface area contributed by atoms with Crippen molar-refractivity contribution in [1.82, 2.24) is 15.5 Å². The third-order valence-corrected chi connectivity index (χ3v) is 5.26. The maximum Gasteiger partial charge on any atom is 0.407 e. The van der Waals surface area contributed by atoms with E-state index in [1.807, 2.05) is 43.9 Å². The van der Waals surface area contributed by atoms with Crippen LogP contribution in [0.3, 0.4) is 0 Å². The van der Waals surface area contributed by atoms with Gasteiger partial charge in [0.15, 0.2) is 0 Å². The van der Waals surface area contributed by atoms with E-state index in [0.29, 0.717) is 25.4 Å². The van der Waals surface area contributed by atoms with E-state index < -0.39 is 11.7 Å². The van der Waals surface area contributed by atoms with Crippen molar-refractivity contribution in [1.29, 1.82) is 0 Å². The molecule has 1 aliphatic rings. The molecule has 0 spiro atoms. The van der Waals surface area contributed by atoms with E-state index in [1.165, 1.54) is 0 Å². The highest BCUT2D eigenvalue weighted by Gasteiger charge is 2.33. The van der Waals surface area contributed by atoms with E-state index in [4.69, 9.17) is 4.74 Å². The van der Waals surface area contributed by atoms with Crippen LogP contribution in [0.25, 0.3) is 0 Å². The predicted molar refractivity (Wildman–Crippen MR) is 120 cm³/mol. The Bertz CT molecular complexity index is 685. The Kier molecular flexibility index (Phi) is 8.71. The lowest BCUT2D eigenvalue weighted by Crippen LogP contribution is -2.51. The van der Waals surface area contributed by atoms with Crippen molar-refractivity contribution in [3.05, 3.63) is 35.9 Å². The summed E-state index contributed by atoms with van der Waals surface area (Å²) >= 11 is 0. The molecule has 6 heteroatoms. The van der Waals surface area contributed by atoms with E-state index in [2.05, 4.69) is 43.5 Å². The summed E-state index contributed by atoms with van der Waals surface area (Å²) in [6.45, 7) is 13.2. The molecule has 1 fully saturated rings. The molecule has 168 valence electrons. The first-order valence-electron chi connectivity index (χ1n) is 11.1. The number of hydrogen-bond acceptors (Lipinski definition) is 4. The van der Waals surface area contributed by atoms with E-state index in [9.17, 15) is 9.59 Å². The van der Waals surface area contributed by atoms with Crippen LogP contribution in [0.15, 0.2) is 30.3 Å². The summed E-state index contributed by atoms with van der Waals surface area (Å²) in [6, 6.07) is 9.97. The highest BCUT2D eigenvalue weighted by Crippen LogP contribution is 2.18. The molecule has 0 radical (unpaired) electrons. The molecule has 1 aliphatic heterocycles. The lowest BCUT2D eigenvalue weighted by atomic mass is 10.0. The second-order valence-corrected chi connectivity index (χ2v) is 9.79. The van der Waals surface area contributed by atoms with Crippen LogP contribution < -0.4 is 10.6 Å². The molecule has 30 heavy (non-hydrogen) atoms. The van der Waals surface area contributed by atoms with Gasteiger partial charge in [0.05, 0.1) is 6.04 Å². The molecular weight excluding hydrogens is 378 g/mol. The Balaban J connectivity index is 2.10. The minimum atomic E-state index is -0.532. The van der Waals surface area contributed by atoms with E-state index in [1.54, 1.807) is 0 Å². The fourth-order valence-electron chi connectivity index (χ4n) is 3.97. The van der Waals surface area contributed by atoms with E-state index in [-0.39, 0.29) is 24.0 Å². The zero-order valence-corrected chi connectivity index (χ0v) is 19.4. The second kappa shape index (κ2) is 10.8. The predicted octanol–water partition coefficient (Wildman–Crippen LogP) is 3.75. The van der Waals surface area contributed by atoms with E-state index in [0.717, 1.165) is 18.4 Å². The number of hydrogen-bond donors (Lipinski definition) is 2. The van der Waals surface area contributed by atoms with Crippen LogP contribution >= 0.6 is 0 Å². The van der Waals surface area contributed by atoms with Gasteiger partial charge in [-0.25, -0.2) is 4.79 Å². The molecule has 1 aromatic rings. The number of nitrogens with zero attached hydrogens (tertiary/aromatic N) is 1. The Morgan fingerprint density at radius 3 is 2.50 bits per heavy atom. The third-order valence-electron chi connectivity index (χ3n) is 5.26. The fourth-order valence-corrected chi connectivity index (χ4v) is 3.97. The van der Waals surface area contributed by atoms with Gasteiger partial charge in [-0.1, -0.05) is 44.2 Å². The third kappa shape index (κ3) is 7.98. The van der Waals surface area contributed by atoms with Crippen molar-refractivity contribution in [2.45, 2.75) is 84.5 Å². The number of carbonyl (C=O) groups is 2. The van der Waals surface area contributed by atoms with Gasteiger partial charge in [0.1, 0.15) is 5.60 Å². The normalized spacial score (nSPS) is 21.3. The molecule has 6 nitrogen and oxygen atoms in total. The molecule has 1 heterocycles. The summed E-state index contributed by atoms with van der Waals surface area (Å²) in [5.41, 5.74) is 0.594. The van der Waals surface area contributed by atoms with Gasteiger partial charge in [-0.15, -0.1) is 0 Å². The van der Waals surface area contributed by atoms with Crippen molar-refractivity contribution in [3.63, 3.8) is 0 Å². The van der Waals surface area contributed by atoms with Gasteiger partial charge in [0, 0.05) is 25.2 Å². The highest BCUT2D eigenvalue weighted by atomic mass is 16.6. The standard InChI is InChI=1S/C24H39N3O3/c1-17(2)14-18(3)27-13-12-20(16-25-23(29)30-24(4,5)6)26-21(22(27)28)15-19-10-8-7-9-11-19/h7-11,17-18,20-21,26H,12-16H2,1-6H3,(H,25,29)/t18-,20+,21+/m1/s1. The number of rotatable bonds is 7. The maximum atomic E-state index is 13.4. The second-order valence-electron chi connectivity index (χ2n) is 9.79. The summed E-state index contributed by atoms with van der Waals surface area (Å²) in [5, 5.41) is 6.37. The van der Waals surface area contributed by atoms with Gasteiger partial charge in [-0.05, 0) is 58.4 Å². The first kappa shape index (κ1) is 24.2. The number of ether oxygens (including phenoxy) is 1. The molecule has 0 unspecified atom stereocenters. The van der Waals surface area contributed by atoms with Gasteiger partial charge in [0.25, 0.3) is 0 Å². The quantitative estimate of drug-likeness (QED) is 0.709. The minimum Gasteiger partial charge on any atom is -0.444 e. The van der Waals surface area contributed by atoms with Crippen LogP contribution in [0.5, 0.6) is 0 Å². The number of amides is 2. The fraction of sp³-hybridized carbons (Fsp3) is 0.667. The van der Waals surface area contributed by atoms with Crippen molar-refractivity contribution in [2.24, 2.45) is 5.92 Å². The van der Waals surface area contributed by atoms with Crippen molar-refractivity contribution in [2.75, 3.05) is 13.1 Å². The summed E-state index contributed by atoms with van der Waals surface area (Å²) < 4.78 is 5.35. The Hall–Kier alpha value is -2.08. The summed E-state index contributed by atoms with van der Waals surface area (Å²) in [4.78, 5) is 27.5. The first-order valence-corrected chi connectivity index (χ1v) is 11.1. The van der Waals surface area contributed by atoms with Gasteiger partial charge in [0.2, 0.25) is 5.91 Å². The Labute approximate surface area is 181 Å². The Morgan fingerprint density at radius 1 is 1.23 bits per heavy atom. The van der Waals surface area contributed by atoms with Crippen LogP contribution in [-0.2, 0) is 16.0 Å². The first-order chi connectivity index (χ1) is 14.0. The molecule has 2 amide bonds. The number of nitrogens with one attached hydrogen (secondary N) is 2. The highest BCUT2D eigenvalue weighted by molar-refractivity contribution is 5.83. The van der Waals surface area contributed by atoms with Crippen LogP contribution in [-0.4, -0.2) is 53.7 Å². The zero-order chi connectivity index (χ0) is 22.3. The molecule has 0 saturated carbocycles. The summed E-state index contributed by atoms with van der Waals surface area (Å²) in [5.74, 6) is 0.674. The average molecular weight is 418 g/mol. The van der Waals surface area contributed by atoms with Gasteiger partial charge in [-0.2, -0.15) is 0 Å². The number of carbonyl (C=O) groups excluding carboxylic acids is 2. The van der Waals surface area contributed by atoms with Crippen molar-refractivity contribution >= 4 is 12.0 Å². The SMILES string of the molecule is CC(C)C[C@@H](C)N1CC[C@@H](CNC(=O)OC(C)(C)C)N[C@@H](Cc2ccccc2)C1=O. The van der Waals surface area contributed by atoms with Crippen LogP contribution in [0.2, 0.25) is 0 Å². The largest absolute Gasteiger partial charge is 0.444 e. The van der Waals surface area contributed by atoms with E-state index >= 15 is 0 Å². The minimum absolute atomic E-state index is 0.00595. The molecule has 0 aliphatic carbocycles. The van der Waals surface area contributed by atoms with Gasteiger partial charge in [-0.3, -0.25) is 4.79 Å². The lowest BCUT2D eigenvalue weighted by molar-refractivity contribution is -0.134. The van der Waals surface area contributed by atoms with Gasteiger partial charge >= 0.3 is 6.09 Å². The Morgan fingerprint density at radius 2 is 1.90 bits per heavy atom. The monoisotopic (exact) mass is 417 g/mol. The summed E-state index contributed by atoms with van der Waals surface area (Å²) in [6.07, 6.45) is 1.97. The van der Waals surface area contributed by atoms with Crippen molar-refractivity contribution < 1.29 is 14.3 Å². The molecule has 3 atom stereocenters. The van der Waals surface area contributed by atoms with Crippen LogP contribution in [0.4, 0.5) is 4.79 Å². The number of benzene rings is 1. The molecule has 1 saturated heterocycles. The van der Waals surface area contributed by atoms with Crippen LogP contribution in [0.1, 0.15) is 59.9 Å². The topological polar surface area (TPSA) is 70.7 Å². The lowest BCUT2D eigenvalue weighted by Gasteiger charge is -2.31. The zero-order valence-electron chi connectivity index (χ0n) is 19.4. The average Bonchev–Trinajstić information content (AvgIpc) is 2.78. The molecule has 2 rings (SSSR count). The van der Waals surface area contributed by atoms with Gasteiger partial charge < -0.3 is 20.3 Å². The number of alkyl carbamates (subject to hydrolysis) is 1. The molecule has 1 aromatic carbocycles. The molecule has 0 aromatic heterocycles. The molecule has 2 N–H and O–H groups in total. The smallest absolute Gasteiger partial charge is 0.407 e. The molecular formula is C24H39N3O3. The maximum absolute atomic E-state index is 13.4.